The number of hydrogen-bond donors (Lipinski definition) is 0. The quantitative estimate of drug-likeness (QED) is 0.520. The number of alkyl halides is 6. The highest BCUT2D eigenvalue weighted by Crippen LogP contribution is 2.49. The Morgan fingerprint density at radius 2 is 1.27 bits per heavy atom. The van der Waals surface area contributed by atoms with Crippen molar-refractivity contribution in [3.63, 3.8) is 0 Å². The molecule has 0 spiro atoms. The lowest BCUT2D eigenvalue weighted by atomic mass is 10.0. The predicted octanol–water partition coefficient (Wildman–Crippen LogP) is 5.30. The van der Waals surface area contributed by atoms with E-state index in [0.29, 0.717) is 12.8 Å². The summed E-state index contributed by atoms with van der Waals surface area (Å²) in [7, 11) is 0. The molecule has 8 heteroatoms. The Balaban J connectivity index is 3.47. The van der Waals surface area contributed by atoms with Gasteiger partial charge in [-0.2, -0.15) is 26.3 Å². The minimum absolute atomic E-state index is 0.0924. The van der Waals surface area contributed by atoms with Gasteiger partial charge >= 0.3 is 12.4 Å². The van der Waals surface area contributed by atoms with E-state index >= 15 is 0 Å². The molecule has 0 amide bonds. The summed E-state index contributed by atoms with van der Waals surface area (Å²) in [4.78, 5) is 0. The molecule has 126 valence electrons. The van der Waals surface area contributed by atoms with Crippen LogP contribution in [0.25, 0.3) is 0 Å². The SMILES string of the molecule is CCCCOc1ccc(OCC)c(C(F)(F)F)c1C(F)(F)F. The Morgan fingerprint density at radius 1 is 0.818 bits per heavy atom. The number of benzene rings is 1. The van der Waals surface area contributed by atoms with E-state index < -0.39 is 35.0 Å². The first-order valence-corrected chi connectivity index (χ1v) is 6.69. The number of unbranched alkanes of at least 4 members (excludes halogenated alkanes) is 1. The predicted molar refractivity (Wildman–Crippen MR) is 68.0 cm³/mol. The van der Waals surface area contributed by atoms with Crippen LogP contribution < -0.4 is 9.47 Å². The molecule has 0 saturated carbocycles. The van der Waals surface area contributed by atoms with E-state index in [2.05, 4.69) is 0 Å². The van der Waals surface area contributed by atoms with E-state index in [4.69, 9.17) is 9.47 Å². The Bertz CT molecular complexity index is 493. The zero-order valence-electron chi connectivity index (χ0n) is 12.1. The lowest BCUT2D eigenvalue weighted by molar-refractivity contribution is -0.164. The maximum atomic E-state index is 13.1. The summed E-state index contributed by atoms with van der Waals surface area (Å²) in [5.41, 5.74) is -3.70. The molecule has 0 fully saturated rings. The number of hydrogen-bond acceptors (Lipinski definition) is 2. The van der Waals surface area contributed by atoms with E-state index in [0.717, 1.165) is 12.1 Å². The summed E-state index contributed by atoms with van der Waals surface area (Å²) < 4.78 is 88.3. The number of rotatable bonds is 6. The molecule has 0 aliphatic carbocycles. The van der Waals surface area contributed by atoms with Crippen molar-refractivity contribution in [1.82, 2.24) is 0 Å². The lowest BCUT2D eigenvalue weighted by Gasteiger charge is -2.22. The molecule has 0 heterocycles. The normalized spacial score (nSPS) is 12.4. The fourth-order valence-corrected chi connectivity index (χ4v) is 1.85. The monoisotopic (exact) mass is 330 g/mol. The molecule has 0 aliphatic rings. The van der Waals surface area contributed by atoms with Gasteiger partial charge in [0.25, 0.3) is 0 Å². The van der Waals surface area contributed by atoms with Gasteiger partial charge in [-0.1, -0.05) is 13.3 Å². The van der Waals surface area contributed by atoms with Gasteiger partial charge in [0.2, 0.25) is 0 Å². The highest BCUT2D eigenvalue weighted by molar-refractivity contribution is 5.52. The van der Waals surface area contributed by atoms with Crippen LogP contribution in [0, 0.1) is 0 Å². The molecule has 0 unspecified atom stereocenters. The smallest absolute Gasteiger partial charge is 0.420 e. The largest absolute Gasteiger partial charge is 0.493 e. The molecular formula is C14H16F6O2. The molecule has 0 radical (unpaired) electrons. The fraction of sp³-hybridized carbons (Fsp3) is 0.571. The van der Waals surface area contributed by atoms with Crippen molar-refractivity contribution in [3.8, 4) is 11.5 Å². The summed E-state index contributed by atoms with van der Waals surface area (Å²) in [5, 5.41) is 0. The van der Waals surface area contributed by atoms with Crippen LogP contribution in [0.3, 0.4) is 0 Å². The summed E-state index contributed by atoms with van der Waals surface area (Å²) in [6.45, 7) is 2.90. The summed E-state index contributed by atoms with van der Waals surface area (Å²) >= 11 is 0. The molecular weight excluding hydrogens is 314 g/mol. The van der Waals surface area contributed by atoms with Crippen molar-refractivity contribution < 1.29 is 35.8 Å². The van der Waals surface area contributed by atoms with Gasteiger partial charge in [-0.15, -0.1) is 0 Å². The van der Waals surface area contributed by atoms with Gasteiger partial charge in [-0.3, -0.25) is 0 Å². The van der Waals surface area contributed by atoms with Crippen LogP contribution in [0.2, 0.25) is 0 Å². The molecule has 1 rings (SSSR count). The summed E-state index contributed by atoms with van der Waals surface area (Å²) in [5.74, 6) is -1.69. The topological polar surface area (TPSA) is 18.5 Å². The Labute approximate surface area is 124 Å². The molecule has 0 atom stereocenters. The van der Waals surface area contributed by atoms with Crippen LogP contribution in [0.1, 0.15) is 37.8 Å². The van der Waals surface area contributed by atoms with Gasteiger partial charge in [0.1, 0.15) is 22.6 Å². The Hall–Kier alpha value is -1.60. The number of halogens is 6. The van der Waals surface area contributed by atoms with Crippen LogP contribution in [-0.2, 0) is 12.4 Å². The van der Waals surface area contributed by atoms with Crippen LogP contribution in [0.5, 0.6) is 11.5 Å². The average molecular weight is 330 g/mol. The average Bonchev–Trinajstić information content (AvgIpc) is 2.37. The van der Waals surface area contributed by atoms with E-state index in [9.17, 15) is 26.3 Å². The lowest BCUT2D eigenvalue weighted by Crippen LogP contribution is -2.20. The van der Waals surface area contributed by atoms with Gasteiger partial charge in [0.15, 0.2) is 0 Å². The zero-order chi connectivity index (χ0) is 17.0. The van der Waals surface area contributed by atoms with E-state index in [1.54, 1.807) is 6.92 Å². The molecule has 0 aromatic heterocycles. The van der Waals surface area contributed by atoms with Gasteiger partial charge < -0.3 is 9.47 Å². The van der Waals surface area contributed by atoms with Crippen molar-refractivity contribution >= 4 is 0 Å². The van der Waals surface area contributed by atoms with E-state index in [-0.39, 0.29) is 13.2 Å². The Morgan fingerprint density at radius 3 is 1.64 bits per heavy atom. The maximum Gasteiger partial charge on any atom is 0.420 e. The first-order valence-electron chi connectivity index (χ1n) is 6.69. The molecule has 1 aromatic rings. The van der Waals surface area contributed by atoms with Crippen molar-refractivity contribution in [2.45, 2.75) is 39.0 Å². The second-order valence-electron chi connectivity index (χ2n) is 4.44. The highest BCUT2D eigenvalue weighted by atomic mass is 19.4. The first-order chi connectivity index (χ1) is 10.1. The zero-order valence-corrected chi connectivity index (χ0v) is 12.1. The minimum Gasteiger partial charge on any atom is -0.493 e. The third kappa shape index (κ3) is 4.45. The van der Waals surface area contributed by atoms with Crippen LogP contribution in [0.15, 0.2) is 12.1 Å². The highest BCUT2D eigenvalue weighted by Gasteiger charge is 2.48. The van der Waals surface area contributed by atoms with Crippen LogP contribution in [-0.4, -0.2) is 13.2 Å². The van der Waals surface area contributed by atoms with Crippen LogP contribution in [0.4, 0.5) is 26.3 Å². The molecule has 0 bridgehead atoms. The standard InChI is InChI=1S/C14H16F6O2/c1-3-5-8-22-10-7-6-9(21-4-2)11(13(15,16)17)12(10)14(18,19)20/h6-7H,3-5,8H2,1-2H3. The van der Waals surface area contributed by atoms with Crippen molar-refractivity contribution in [3.05, 3.63) is 23.3 Å². The second kappa shape index (κ2) is 7.11. The van der Waals surface area contributed by atoms with Gasteiger partial charge in [0.05, 0.1) is 13.2 Å². The summed E-state index contributed by atoms with van der Waals surface area (Å²) in [6.07, 6.45) is -9.34. The second-order valence-corrected chi connectivity index (χ2v) is 4.44. The van der Waals surface area contributed by atoms with Gasteiger partial charge in [-0.25, -0.2) is 0 Å². The minimum atomic E-state index is -5.21. The molecule has 0 N–H and O–H groups in total. The Kier molecular flexibility index (Phi) is 5.96. The van der Waals surface area contributed by atoms with Gasteiger partial charge in [-0.05, 0) is 25.5 Å². The van der Waals surface area contributed by atoms with Gasteiger partial charge in [0, 0.05) is 0 Å². The van der Waals surface area contributed by atoms with E-state index in [1.807, 2.05) is 0 Å². The third-order valence-electron chi connectivity index (χ3n) is 2.75. The van der Waals surface area contributed by atoms with Crippen molar-refractivity contribution in [1.29, 1.82) is 0 Å². The molecule has 22 heavy (non-hydrogen) atoms. The molecule has 2 nitrogen and oxygen atoms in total. The van der Waals surface area contributed by atoms with Crippen molar-refractivity contribution in [2.24, 2.45) is 0 Å². The molecule has 0 aliphatic heterocycles. The molecule has 0 saturated heterocycles. The molecule has 1 aromatic carbocycles. The van der Waals surface area contributed by atoms with Crippen LogP contribution >= 0.6 is 0 Å². The number of ether oxygens (including phenoxy) is 2. The first kappa shape index (κ1) is 18.4. The third-order valence-corrected chi connectivity index (χ3v) is 2.75. The van der Waals surface area contributed by atoms with Crippen molar-refractivity contribution in [2.75, 3.05) is 13.2 Å². The maximum absolute atomic E-state index is 13.1. The summed E-state index contributed by atoms with van der Waals surface area (Å²) in [6, 6.07) is 1.71. The van der Waals surface area contributed by atoms with E-state index in [1.165, 1.54) is 6.92 Å². The fourth-order valence-electron chi connectivity index (χ4n) is 1.85.